The van der Waals surface area contributed by atoms with Crippen LogP contribution in [0.3, 0.4) is 0 Å². The summed E-state index contributed by atoms with van der Waals surface area (Å²) < 4.78 is 42.4. The van der Waals surface area contributed by atoms with Crippen LogP contribution in [0.5, 0.6) is 17.2 Å². The van der Waals surface area contributed by atoms with Gasteiger partial charge in [0.05, 0.1) is 33.3 Å². The zero-order valence-electron chi connectivity index (χ0n) is 23.2. The molecule has 0 radical (unpaired) electrons. The van der Waals surface area contributed by atoms with Crippen LogP contribution >= 0.6 is 0 Å². The smallest absolute Gasteiger partial charge is 0.244 e. The number of hydrogen-bond donors (Lipinski definition) is 1. The van der Waals surface area contributed by atoms with E-state index in [4.69, 9.17) is 14.2 Å². The van der Waals surface area contributed by atoms with Crippen molar-refractivity contribution >= 4 is 27.5 Å². The Kier molecular flexibility index (Phi) is 11.2. The highest BCUT2D eigenvalue weighted by Gasteiger charge is 2.32. The van der Waals surface area contributed by atoms with E-state index < -0.39 is 28.5 Å². The summed E-state index contributed by atoms with van der Waals surface area (Å²) in [5, 5.41) is 2.95. The normalized spacial score (nSPS) is 12.7. The second-order valence-corrected chi connectivity index (χ2v) is 10.8. The molecule has 0 aromatic heterocycles. The lowest BCUT2D eigenvalue weighted by molar-refractivity contribution is -0.140. The average molecular weight is 550 g/mol. The third-order valence-corrected chi connectivity index (χ3v) is 7.37. The third-order valence-electron chi connectivity index (χ3n) is 6.23. The first-order valence-corrected chi connectivity index (χ1v) is 14.3. The first-order chi connectivity index (χ1) is 18.0. The van der Waals surface area contributed by atoms with Gasteiger partial charge in [0.2, 0.25) is 21.8 Å². The number of ether oxygens (including phenoxy) is 3. The Morgan fingerprint density at radius 1 is 0.921 bits per heavy atom. The molecule has 1 N–H and O–H groups in total. The molecule has 0 aliphatic heterocycles. The first-order valence-electron chi connectivity index (χ1n) is 12.4. The van der Waals surface area contributed by atoms with Gasteiger partial charge in [-0.05, 0) is 49.6 Å². The number of hydrogen-bond acceptors (Lipinski definition) is 7. The van der Waals surface area contributed by atoms with Gasteiger partial charge >= 0.3 is 0 Å². The molecule has 210 valence electrons. The van der Waals surface area contributed by atoms with E-state index in [9.17, 15) is 18.0 Å². The Morgan fingerprint density at radius 3 is 2.05 bits per heavy atom. The van der Waals surface area contributed by atoms with Crippen molar-refractivity contribution in [2.75, 3.05) is 38.4 Å². The lowest BCUT2D eigenvalue weighted by Gasteiger charge is -2.33. The molecule has 0 aliphatic rings. The molecule has 2 amide bonds. The summed E-state index contributed by atoms with van der Waals surface area (Å²) in [6.45, 7) is 5.27. The number of sulfonamides is 1. The van der Waals surface area contributed by atoms with Crippen LogP contribution in [0.15, 0.2) is 42.5 Å². The lowest BCUT2D eigenvalue weighted by Crippen LogP contribution is -2.53. The van der Waals surface area contributed by atoms with E-state index in [0.717, 1.165) is 22.5 Å². The van der Waals surface area contributed by atoms with Gasteiger partial charge in [-0.25, -0.2) is 8.42 Å². The maximum atomic E-state index is 13.8. The number of rotatable bonds is 14. The second kappa shape index (κ2) is 13.9. The van der Waals surface area contributed by atoms with Crippen molar-refractivity contribution in [2.45, 2.75) is 52.2 Å². The van der Waals surface area contributed by atoms with Gasteiger partial charge in [0.25, 0.3) is 0 Å². The number of anilines is 1. The number of nitrogens with one attached hydrogen (secondary N) is 1. The number of carbonyl (C=O) groups excluding carboxylic acids is 2. The number of methoxy groups -OCH3 is 3. The predicted molar refractivity (Wildman–Crippen MR) is 147 cm³/mol. The van der Waals surface area contributed by atoms with Gasteiger partial charge in [0, 0.05) is 18.7 Å². The Labute approximate surface area is 225 Å². The molecule has 0 bridgehead atoms. The van der Waals surface area contributed by atoms with Gasteiger partial charge in [-0.3, -0.25) is 13.9 Å². The molecule has 0 fully saturated rings. The largest absolute Gasteiger partial charge is 0.497 e. The van der Waals surface area contributed by atoms with E-state index in [0.29, 0.717) is 23.7 Å². The van der Waals surface area contributed by atoms with Crippen LogP contribution in [0.2, 0.25) is 0 Å². The minimum atomic E-state index is -3.88. The fourth-order valence-electron chi connectivity index (χ4n) is 3.88. The number of carbonyl (C=O) groups is 2. The molecular weight excluding hydrogens is 510 g/mol. The van der Waals surface area contributed by atoms with Crippen LogP contribution in [0.1, 0.15) is 39.2 Å². The molecule has 2 rings (SSSR count). The maximum Gasteiger partial charge on any atom is 0.244 e. The third kappa shape index (κ3) is 8.01. The van der Waals surface area contributed by atoms with E-state index >= 15 is 0 Å². The molecule has 0 unspecified atom stereocenters. The molecule has 2 aromatic rings. The highest BCUT2D eigenvalue weighted by molar-refractivity contribution is 7.92. The van der Waals surface area contributed by atoms with E-state index in [-0.39, 0.29) is 24.2 Å². The molecule has 2 atom stereocenters. The molecule has 10 nitrogen and oxygen atoms in total. The van der Waals surface area contributed by atoms with Gasteiger partial charge in [0.1, 0.15) is 18.3 Å². The quantitative estimate of drug-likeness (QED) is 0.385. The van der Waals surface area contributed by atoms with Crippen molar-refractivity contribution < 1.29 is 32.2 Å². The van der Waals surface area contributed by atoms with Crippen LogP contribution in [0.4, 0.5) is 5.69 Å². The Balaban J connectivity index is 2.48. The van der Waals surface area contributed by atoms with Crippen molar-refractivity contribution in [2.24, 2.45) is 0 Å². The molecule has 2 aromatic carbocycles. The SMILES string of the molecule is CC[C@H](C)NC(=O)[C@H](CC)N(Cc1ccc(OC)cc1)C(=O)CN(c1ccc(OC)c(OC)c1)S(C)(=O)=O. The van der Waals surface area contributed by atoms with Crippen molar-refractivity contribution in [3.63, 3.8) is 0 Å². The molecule has 11 heteroatoms. The van der Waals surface area contributed by atoms with Crippen LogP contribution in [-0.4, -0.2) is 71.3 Å². The van der Waals surface area contributed by atoms with Crippen molar-refractivity contribution in [3.8, 4) is 17.2 Å². The summed E-state index contributed by atoms with van der Waals surface area (Å²) in [5.41, 5.74) is 1.01. The Morgan fingerprint density at radius 2 is 1.55 bits per heavy atom. The first kappa shape index (κ1) is 30.8. The van der Waals surface area contributed by atoms with Crippen molar-refractivity contribution in [1.29, 1.82) is 0 Å². The second-order valence-electron chi connectivity index (χ2n) is 8.92. The lowest BCUT2D eigenvalue weighted by atomic mass is 10.1. The molecule has 0 aliphatic carbocycles. The van der Waals surface area contributed by atoms with Gasteiger partial charge in [-0.15, -0.1) is 0 Å². The highest BCUT2D eigenvalue weighted by atomic mass is 32.2. The maximum absolute atomic E-state index is 13.8. The molecule has 0 saturated carbocycles. The molecule has 0 saturated heterocycles. The van der Waals surface area contributed by atoms with Crippen molar-refractivity contribution in [1.82, 2.24) is 10.2 Å². The monoisotopic (exact) mass is 549 g/mol. The van der Waals surface area contributed by atoms with E-state index in [1.807, 2.05) is 20.8 Å². The average Bonchev–Trinajstić information content (AvgIpc) is 2.90. The fraction of sp³-hybridized carbons (Fsp3) is 0.481. The summed E-state index contributed by atoms with van der Waals surface area (Å²) >= 11 is 0. The minimum Gasteiger partial charge on any atom is -0.497 e. The minimum absolute atomic E-state index is 0.0752. The summed E-state index contributed by atoms with van der Waals surface area (Å²) in [5.74, 6) is 0.586. The number of benzene rings is 2. The standard InChI is InChI=1S/C27H39N3O7S/c1-8-19(3)28-27(32)23(9-2)29(17-20-10-13-22(35-4)14-11-20)26(31)18-30(38(7,33)34)21-12-15-24(36-5)25(16-21)37-6/h10-16,19,23H,8-9,17-18H2,1-7H3,(H,28,32)/t19-,23-/m0/s1. The molecule has 0 spiro atoms. The van der Waals surface area contributed by atoms with Crippen LogP contribution in [0, 0.1) is 0 Å². The van der Waals surface area contributed by atoms with Crippen LogP contribution in [0.25, 0.3) is 0 Å². The van der Waals surface area contributed by atoms with Gasteiger partial charge in [0.15, 0.2) is 11.5 Å². The molecular formula is C27H39N3O7S. The van der Waals surface area contributed by atoms with Gasteiger partial charge in [-0.2, -0.15) is 0 Å². The number of amides is 2. The van der Waals surface area contributed by atoms with E-state index in [1.165, 1.54) is 31.3 Å². The topological polar surface area (TPSA) is 114 Å². The summed E-state index contributed by atoms with van der Waals surface area (Å²) in [6, 6.07) is 10.9. The number of nitrogens with zero attached hydrogens (tertiary/aromatic N) is 2. The molecule has 0 heterocycles. The Hall–Kier alpha value is -3.47. The van der Waals surface area contributed by atoms with Gasteiger partial charge in [-0.1, -0.05) is 26.0 Å². The van der Waals surface area contributed by atoms with Crippen LogP contribution in [-0.2, 0) is 26.2 Å². The van der Waals surface area contributed by atoms with Crippen LogP contribution < -0.4 is 23.8 Å². The van der Waals surface area contributed by atoms with E-state index in [2.05, 4.69) is 5.32 Å². The summed E-state index contributed by atoms with van der Waals surface area (Å²) in [7, 11) is 0.599. The summed E-state index contributed by atoms with van der Waals surface area (Å²) in [4.78, 5) is 28.4. The summed E-state index contributed by atoms with van der Waals surface area (Å²) in [6.07, 6.45) is 2.10. The van der Waals surface area contributed by atoms with E-state index in [1.54, 1.807) is 37.4 Å². The predicted octanol–water partition coefficient (Wildman–Crippen LogP) is 3.20. The zero-order valence-corrected chi connectivity index (χ0v) is 24.0. The van der Waals surface area contributed by atoms with Gasteiger partial charge < -0.3 is 24.4 Å². The Bertz CT molecular complexity index is 1190. The highest BCUT2D eigenvalue weighted by Crippen LogP contribution is 2.32. The van der Waals surface area contributed by atoms with Crippen molar-refractivity contribution in [3.05, 3.63) is 48.0 Å². The molecule has 38 heavy (non-hydrogen) atoms. The fourth-order valence-corrected chi connectivity index (χ4v) is 4.72. The zero-order chi connectivity index (χ0) is 28.5.